The van der Waals surface area contributed by atoms with Gasteiger partial charge in [-0.3, -0.25) is 4.99 Å². The molecule has 1 atom stereocenters. The summed E-state index contributed by atoms with van der Waals surface area (Å²) in [5, 5.41) is 9.25. The van der Waals surface area contributed by atoms with Crippen molar-refractivity contribution >= 4 is 22.6 Å². The Hall–Kier alpha value is -1.42. The Morgan fingerprint density at radius 3 is 2.09 bits per heavy atom. The summed E-state index contributed by atoms with van der Waals surface area (Å²) >= 11 is 1.44. The number of amidine groups is 1. The molecular formula is C13H12F6N2OS. The van der Waals surface area contributed by atoms with Gasteiger partial charge in [-0.25, -0.2) is 0 Å². The van der Waals surface area contributed by atoms with Gasteiger partial charge in [-0.15, -0.1) is 0 Å². The standard InChI is InChI=1S/C13H12F6N2OS/c1-21(10-20-6-7-23-10)9-4-2-8(3-5-9)11(14,15)12(16,22)13(17,18)19/h2-5,22H,6-7H2,1H3. The molecule has 1 N–H and O–H groups in total. The number of rotatable bonds is 3. The molecule has 0 saturated carbocycles. The van der Waals surface area contributed by atoms with Crippen LogP contribution in [0.1, 0.15) is 5.56 Å². The number of halogens is 6. The fourth-order valence-corrected chi connectivity index (χ4v) is 2.75. The third kappa shape index (κ3) is 3.14. The van der Waals surface area contributed by atoms with Crippen LogP contribution in [0.25, 0.3) is 0 Å². The number of hydrogen-bond acceptors (Lipinski definition) is 4. The van der Waals surface area contributed by atoms with E-state index in [9.17, 15) is 26.3 Å². The van der Waals surface area contributed by atoms with E-state index in [2.05, 4.69) is 4.99 Å². The molecule has 1 aromatic rings. The van der Waals surface area contributed by atoms with Gasteiger partial charge in [-0.05, 0) is 12.1 Å². The van der Waals surface area contributed by atoms with E-state index in [1.54, 1.807) is 11.9 Å². The Balaban J connectivity index is 2.28. The second-order valence-corrected chi connectivity index (χ2v) is 5.87. The highest BCUT2D eigenvalue weighted by Gasteiger charge is 2.71. The fourth-order valence-electron chi connectivity index (χ4n) is 1.90. The molecule has 0 fully saturated rings. The summed E-state index contributed by atoms with van der Waals surface area (Å²) in [6.07, 6.45) is -6.12. The lowest BCUT2D eigenvalue weighted by Gasteiger charge is -2.30. The van der Waals surface area contributed by atoms with Gasteiger partial charge in [0.15, 0.2) is 5.17 Å². The first-order valence-corrected chi connectivity index (χ1v) is 7.34. The lowest BCUT2D eigenvalue weighted by Crippen LogP contribution is -2.53. The average molecular weight is 358 g/mol. The Labute approximate surface area is 132 Å². The van der Waals surface area contributed by atoms with Crippen LogP contribution in [0.15, 0.2) is 29.3 Å². The SMILES string of the molecule is CN(C1=NCCS1)c1ccc(C(F)(F)C(O)(F)C(F)(F)F)cc1. The molecule has 2 rings (SSSR count). The fraction of sp³-hybridized carbons (Fsp3) is 0.462. The van der Waals surface area contributed by atoms with E-state index in [1.807, 2.05) is 0 Å². The van der Waals surface area contributed by atoms with Crippen LogP contribution in [0.4, 0.5) is 32.0 Å². The highest BCUT2D eigenvalue weighted by molar-refractivity contribution is 8.14. The maximum Gasteiger partial charge on any atom is 0.455 e. The average Bonchev–Trinajstić information content (AvgIpc) is 2.99. The zero-order valence-electron chi connectivity index (χ0n) is 11.7. The predicted molar refractivity (Wildman–Crippen MR) is 75.6 cm³/mol. The van der Waals surface area contributed by atoms with Gasteiger partial charge >= 0.3 is 18.0 Å². The molecule has 1 heterocycles. The van der Waals surface area contributed by atoms with Crippen molar-refractivity contribution in [3.63, 3.8) is 0 Å². The molecule has 1 aliphatic rings. The molecule has 3 nitrogen and oxygen atoms in total. The maximum absolute atomic E-state index is 13.7. The Morgan fingerprint density at radius 1 is 1.09 bits per heavy atom. The second-order valence-electron chi connectivity index (χ2n) is 4.81. The molecule has 128 valence electrons. The molecule has 0 bridgehead atoms. The predicted octanol–water partition coefficient (Wildman–Crippen LogP) is 3.54. The number of hydrogen-bond donors (Lipinski definition) is 1. The van der Waals surface area contributed by atoms with Crippen molar-refractivity contribution in [2.75, 3.05) is 24.2 Å². The third-order valence-electron chi connectivity index (χ3n) is 3.27. The van der Waals surface area contributed by atoms with Gasteiger partial charge in [0, 0.05) is 24.1 Å². The number of thioether (sulfide) groups is 1. The van der Waals surface area contributed by atoms with Crippen molar-refractivity contribution in [1.82, 2.24) is 0 Å². The van der Waals surface area contributed by atoms with Crippen LogP contribution in [-0.4, -0.2) is 41.7 Å². The van der Waals surface area contributed by atoms with Crippen molar-refractivity contribution in [3.05, 3.63) is 29.8 Å². The third-order valence-corrected chi connectivity index (χ3v) is 4.31. The van der Waals surface area contributed by atoms with Crippen LogP contribution in [0, 0.1) is 0 Å². The Morgan fingerprint density at radius 2 is 1.65 bits per heavy atom. The molecule has 1 unspecified atom stereocenters. The van der Waals surface area contributed by atoms with Gasteiger partial charge in [0.2, 0.25) is 0 Å². The normalized spacial score (nSPS) is 18.5. The molecule has 0 aromatic heterocycles. The van der Waals surface area contributed by atoms with Crippen LogP contribution >= 0.6 is 11.8 Å². The highest BCUT2D eigenvalue weighted by atomic mass is 32.2. The van der Waals surface area contributed by atoms with Crippen molar-refractivity contribution in [2.24, 2.45) is 4.99 Å². The molecule has 10 heteroatoms. The quantitative estimate of drug-likeness (QED) is 0.840. The van der Waals surface area contributed by atoms with Gasteiger partial charge in [-0.2, -0.15) is 26.3 Å². The van der Waals surface area contributed by atoms with E-state index >= 15 is 0 Å². The van der Waals surface area contributed by atoms with Gasteiger partial charge < -0.3 is 10.0 Å². The minimum absolute atomic E-state index is 0.395. The maximum atomic E-state index is 13.7. The van der Waals surface area contributed by atoms with Crippen molar-refractivity contribution in [3.8, 4) is 0 Å². The van der Waals surface area contributed by atoms with Gasteiger partial charge in [0.1, 0.15) is 0 Å². The topological polar surface area (TPSA) is 35.8 Å². The number of aliphatic hydroxyl groups is 1. The van der Waals surface area contributed by atoms with Gasteiger partial charge in [-0.1, -0.05) is 23.9 Å². The molecule has 0 aliphatic carbocycles. The summed E-state index contributed by atoms with van der Waals surface area (Å²) in [5.74, 6) is -10.0. The summed E-state index contributed by atoms with van der Waals surface area (Å²) in [5.41, 5.74) is -0.884. The van der Waals surface area contributed by atoms with Crippen LogP contribution in [-0.2, 0) is 5.92 Å². The Kier molecular flexibility index (Phi) is 4.60. The van der Waals surface area contributed by atoms with E-state index in [4.69, 9.17) is 5.11 Å². The minimum Gasteiger partial charge on any atom is -0.350 e. The zero-order valence-corrected chi connectivity index (χ0v) is 12.6. The first-order chi connectivity index (χ1) is 10.5. The largest absolute Gasteiger partial charge is 0.455 e. The van der Waals surface area contributed by atoms with E-state index in [-0.39, 0.29) is 0 Å². The van der Waals surface area contributed by atoms with Gasteiger partial charge in [0.05, 0.1) is 6.54 Å². The van der Waals surface area contributed by atoms with Crippen molar-refractivity contribution < 1.29 is 31.4 Å². The number of alkyl halides is 6. The zero-order chi connectivity index (χ0) is 17.5. The summed E-state index contributed by atoms with van der Waals surface area (Å²) < 4.78 is 77.5. The van der Waals surface area contributed by atoms with E-state index in [1.165, 1.54) is 11.8 Å². The second kappa shape index (κ2) is 5.90. The molecule has 0 radical (unpaired) electrons. The van der Waals surface area contributed by atoms with E-state index in [0.717, 1.165) is 17.9 Å². The van der Waals surface area contributed by atoms with Crippen LogP contribution < -0.4 is 4.90 Å². The van der Waals surface area contributed by atoms with Crippen LogP contribution in [0.3, 0.4) is 0 Å². The van der Waals surface area contributed by atoms with Crippen molar-refractivity contribution in [2.45, 2.75) is 18.0 Å². The summed E-state index contributed by atoms with van der Waals surface area (Å²) in [6, 6.07) is 3.50. The number of anilines is 1. The number of aliphatic imine (C=N–C) groups is 1. The minimum atomic E-state index is -6.12. The van der Waals surface area contributed by atoms with E-state index < -0.39 is 23.5 Å². The molecule has 23 heavy (non-hydrogen) atoms. The molecule has 1 aliphatic heterocycles. The molecule has 0 spiro atoms. The summed E-state index contributed by atoms with van der Waals surface area (Å²) in [4.78, 5) is 5.74. The summed E-state index contributed by atoms with van der Waals surface area (Å²) in [6.45, 7) is 0.612. The van der Waals surface area contributed by atoms with Crippen LogP contribution in [0.5, 0.6) is 0 Å². The van der Waals surface area contributed by atoms with Gasteiger partial charge in [0.25, 0.3) is 0 Å². The number of benzene rings is 1. The Bertz CT molecular complexity index is 599. The van der Waals surface area contributed by atoms with Crippen LogP contribution in [0.2, 0.25) is 0 Å². The lowest BCUT2D eigenvalue weighted by molar-refractivity contribution is -0.390. The van der Waals surface area contributed by atoms with E-state index in [0.29, 0.717) is 29.5 Å². The monoisotopic (exact) mass is 358 g/mol. The first-order valence-electron chi connectivity index (χ1n) is 6.36. The smallest absolute Gasteiger partial charge is 0.350 e. The molecule has 1 aromatic carbocycles. The lowest BCUT2D eigenvalue weighted by atomic mass is 10.0. The van der Waals surface area contributed by atoms with Crippen molar-refractivity contribution in [1.29, 1.82) is 0 Å². The molecule has 0 amide bonds. The summed E-state index contributed by atoms with van der Waals surface area (Å²) in [7, 11) is 1.62. The highest BCUT2D eigenvalue weighted by Crippen LogP contribution is 2.49. The molecule has 0 saturated heterocycles. The first kappa shape index (κ1) is 17.9. The molecular weight excluding hydrogens is 346 g/mol. The number of nitrogens with zero attached hydrogens (tertiary/aromatic N) is 2.